The van der Waals surface area contributed by atoms with Crippen molar-refractivity contribution in [1.82, 2.24) is 0 Å². The maximum absolute atomic E-state index is 10.6. The van der Waals surface area contributed by atoms with Gasteiger partial charge in [-0.25, -0.2) is 0 Å². The molecule has 2 nitrogen and oxygen atoms in total. The Kier molecular flexibility index (Phi) is 1.61. The molecule has 12 heavy (non-hydrogen) atoms. The van der Waals surface area contributed by atoms with Crippen molar-refractivity contribution in [3.63, 3.8) is 0 Å². The van der Waals surface area contributed by atoms with Gasteiger partial charge in [-0.3, -0.25) is 0 Å². The predicted octanol–water partition coefficient (Wildman–Crippen LogP) is 1.83. The van der Waals surface area contributed by atoms with Crippen LogP contribution in [0, 0.1) is 0 Å². The molecule has 0 aliphatic heterocycles. The molecule has 1 fully saturated rings. The third kappa shape index (κ3) is 1.33. The Labute approximate surface area is 71.6 Å². The minimum Gasteiger partial charge on any atom is -0.373 e. The van der Waals surface area contributed by atoms with E-state index in [0.29, 0.717) is 0 Å². The number of aldehydes is 1. The van der Waals surface area contributed by atoms with Gasteiger partial charge >= 0.3 is 0 Å². The highest BCUT2D eigenvalue weighted by Crippen LogP contribution is 2.36. The summed E-state index contributed by atoms with van der Waals surface area (Å²) >= 11 is 0. The third-order valence-corrected chi connectivity index (χ3v) is 2.18. The van der Waals surface area contributed by atoms with E-state index in [1.807, 2.05) is 30.3 Å². The molecule has 0 spiro atoms. The first-order valence-corrected chi connectivity index (χ1v) is 4.14. The zero-order chi connectivity index (χ0) is 8.44. The van der Waals surface area contributed by atoms with E-state index in [2.05, 4.69) is 5.32 Å². The molecule has 1 N–H and O–H groups in total. The first-order valence-electron chi connectivity index (χ1n) is 4.14. The van der Waals surface area contributed by atoms with Crippen LogP contribution in [0.15, 0.2) is 30.3 Å². The second-order valence-electron chi connectivity index (χ2n) is 3.27. The highest BCUT2D eigenvalue weighted by Gasteiger charge is 2.42. The second-order valence-corrected chi connectivity index (χ2v) is 3.27. The minimum absolute atomic E-state index is 0.235. The van der Waals surface area contributed by atoms with Crippen molar-refractivity contribution in [2.45, 2.75) is 18.4 Å². The Morgan fingerprint density at radius 2 is 1.92 bits per heavy atom. The van der Waals surface area contributed by atoms with Crippen molar-refractivity contribution < 1.29 is 4.79 Å². The molecule has 0 heterocycles. The lowest BCUT2D eigenvalue weighted by atomic mass is 10.2. The number of rotatable bonds is 3. The van der Waals surface area contributed by atoms with E-state index >= 15 is 0 Å². The fourth-order valence-corrected chi connectivity index (χ4v) is 1.22. The summed E-state index contributed by atoms with van der Waals surface area (Å²) in [7, 11) is 0. The summed E-state index contributed by atoms with van der Waals surface area (Å²) in [6, 6.07) is 9.84. The van der Waals surface area contributed by atoms with E-state index in [0.717, 1.165) is 24.8 Å². The molecule has 0 atom stereocenters. The lowest BCUT2D eigenvalue weighted by Crippen LogP contribution is -2.22. The Morgan fingerprint density at radius 1 is 1.25 bits per heavy atom. The molecule has 0 saturated heterocycles. The molecule has 1 aliphatic carbocycles. The van der Waals surface area contributed by atoms with Crippen LogP contribution in [0.2, 0.25) is 0 Å². The zero-order valence-electron chi connectivity index (χ0n) is 6.79. The van der Waals surface area contributed by atoms with Crippen LogP contribution in [0.3, 0.4) is 0 Å². The van der Waals surface area contributed by atoms with Crippen LogP contribution in [-0.4, -0.2) is 11.8 Å². The van der Waals surface area contributed by atoms with E-state index in [1.165, 1.54) is 0 Å². The molecule has 2 heteroatoms. The van der Waals surface area contributed by atoms with Crippen LogP contribution in [0.5, 0.6) is 0 Å². The lowest BCUT2D eigenvalue weighted by Gasteiger charge is -2.10. The van der Waals surface area contributed by atoms with Crippen molar-refractivity contribution in [2.75, 3.05) is 5.32 Å². The Balaban J connectivity index is 2.09. The normalized spacial score (nSPS) is 18.3. The molecule has 1 aliphatic rings. The number of para-hydroxylation sites is 1. The fraction of sp³-hybridized carbons (Fsp3) is 0.300. The van der Waals surface area contributed by atoms with Crippen molar-refractivity contribution in [2.24, 2.45) is 0 Å². The van der Waals surface area contributed by atoms with E-state index < -0.39 is 0 Å². The molecule has 0 amide bonds. The van der Waals surface area contributed by atoms with E-state index in [1.54, 1.807) is 0 Å². The van der Waals surface area contributed by atoms with Crippen LogP contribution in [0.1, 0.15) is 12.8 Å². The van der Waals surface area contributed by atoms with Gasteiger partial charge in [0.25, 0.3) is 0 Å². The molecular weight excluding hydrogens is 150 g/mol. The monoisotopic (exact) mass is 161 g/mol. The van der Waals surface area contributed by atoms with Crippen molar-refractivity contribution in [1.29, 1.82) is 0 Å². The Bertz CT molecular complexity index is 277. The van der Waals surface area contributed by atoms with Gasteiger partial charge in [0, 0.05) is 5.69 Å². The molecule has 0 unspecified atom stereocenters. The summed E-state index contributed by atoms with van der Waals surface area (Å²) in [4.78, 5) is 10.6. The largest absolute Gasteiger partial charge is 0.373 e. The number of carbonyl (C=O) groups excluding carboxylic acids is 1. The molecule has 1 aromatic rings. The summed E-state index contributed by atoms with van der Waals surface area (Å²) in [5.74, 6) is 0. The van der Waals surface area contributed by atoms with E-state index in [9.17, 15) is 4.79 Å². The van der Waals surface area contributed by atoms with Gasteiger partial charge in [0.05, 0.1) is 5.54 Å². The van der Waals surface area contributed by atoms with E-state index in [4.69, 9.17) is 0 Å². The summed E-state index contributed by atoms with van der Waals surface area (Å²) in [6.07, 6.45) is 2.94. The zero-order valence-corrected chi connectivity index (χ0v) is 6.79. The Morgan fingerprint density at radius 3 is 2.42 bits per heavy atom. The maximum Gasteiger partial charge on any atom is 0.145 e. The molecule has 1 aromatic carbocycles. The molecule has 2 rings (SSSR count). The number of benzene rings is 1. The van der Waals surface area contributed by atoms with Gasteiger partial charge in [-0.2, -0.15) is 0 Å². The van der Waals surface area contributed by atoms with Gasteiger partial charge in [0.1, 0.15) is 6.29 Å². The van der Waals surface area contributed by atoms with Crippen molar-refractivity contribution >= 4 is 12.0 Å². The molecular formula is C10H11NO. The highest BCUT2D eigenvalue weighted by molar-refractivity contribution is 5.74. The van der Waals surface area contributed by atoms with Crippen molar-refractivity contribution in [3.05, 3.63) is 30.3 Å². The highest BCUT2D eigenvalue weighted by atomic mass is 16.1. The van der Waals surface area contributed by atoms with Crippen LogP contribution in [0.25, 0.3) is 0 Å². The number of nitrogens with one attached hydrogen (secondary N) is 1. The quantitative estimate of drug-likeness (QED) is 0.685. The van der Waals surface area contributed by atoms with E-state index in [-0.39, 0.29) is 5.54 Å². The van der Waals surface area contributed by atoms with Crippen molar-refractivity contribution in [3.8, 4) is 0 Å². The van der Waals surface area contributed by atoms with Gasteiger partial charge in [-0.15, -0.1) is 0 Å². The van der Waals surface area contributed by atoms with Crippen LogP contribution in [0.4, 0.5) is 5.69 Å². The van der Waals surface area contributed by atoms with Crippen LogP contribution < -0.4 is 5.32 Å². The molecule has 0 bridgehead atoms. The predicted molar refractivity (Wildman–Crippen MR) is 48.1 cm³/mol. The average molecular weight is 161 g/mol. The first-order chi connectivity index (χ1) is 5.85. The number of carbonyl (C=O) groups is 1. The smallest absolute Gasteiger partial charge is 0.145 e. The van der Waals surface area contributed by atoms with Crippen LogP contribution in [-0.2, 0) is 4.79 Å². The minimum atomic E-state index is -0.235. The molecule has 1 saturated carbocycles. The van der Waals surface area contributed by atoms with Gasteiger partial charge in [-0.1, -0.05) is 18.2 Å². The fourth-order valence-electron chi connectivity index (χ4n) is 1.22. The Hall–Kier alpha value is -1.31. The van der Waals surface area contributed by atoms with Gasteiger partial charge in [-0.05, 0) is 25.0 Å². The standard InChI is InChI=1S/C10H11NO/c12-8-10(6-7-10)11-9-4-2-1-3-5-9/h1-5,8,11H,6-7H2. The average Bonchev–Trinajstić information content (AvgIpc) is 2.88. The third-order valence-electron chi connectivity index (χ3n) is 2.18. The first kappa shape index (κ1) is 7.35. The van der Waals surface area contributed by atoms with Gasteiger partial charge < -0.3 is 10.1 Å². The SMILES string of the molecule is O=CC1(Nc2ccccc2)CC1. The molecule has 62 valence electrons. The summed E-state index contributed by atoms with van der Waals surface area (Å²) in [5, 5.41) is 3.21. The topological polar surface area (TPSA) is 29.1 Å². The van der Waals surface area contributed by atoms with Crippen LogP contribution >= 0.6 is 0 Å². The maximum atomic E-state index is 10.6. The number of hydrogen-bond acceptors (Lipinski definition) is 2. The van der Waals surface area contributed by atoms with Gasteiger partial charge in [0.15, 0.2) is 0 Å². The lowest BCUT2D eigenvalue weighted by molar-refractivity contribution is -0.109. The molecule has 0 radical (unpaired) electrons. The number of anilines is 1. The summed E-state index contributed by atoms with van der Waals surface area (Å²) in [6.45, 7) is 0. The number of hydrogen-bond donors (Lipinski definition) is 1. The summed E-state index contributed by atoms with van der Waals surface area (Å²) < 4.78 is 0. The summed E-state index contributed by atoms with van der Waals surface area (Å²) in [5.41, 5.74) is 0.795. The molecule has 0 aromatic heterocycles. The van der Waals surface area contributed by atoms with Gasteiger partial charge in [0.2, 0.25) is 0 Å². The second kappa shape index (κ2) is 2.63.